The molecule has 0 aliphatic heterocycles. The van der Waals surface area contributed by atoms with Crippen LogP contribution in [0, 0.1) is 5.92 Å². The van der Waals surface area contributed by atoms with E-state index in [1.165, 1.54) is 9.80 Å². The van der Waals surface area contributed by atoms with Crippen molar-refractivity contribution in [3.8, 4) is 0 Å². The highest BCUT2D eigenvalue weighted by Crippen LogP contribution is 2.71. The molecule has 1 aliphatic carbocycles. The maximum Gasteiger partial charge on any atom is 0.0572 e. The Morgan fingerprint density at radius 2 is 1.86 bits per heavy atom. The fraction of sp³-hybridized carbons (Fsp3) is 0.474. The molecule has 0 fully saturated rings. The maximum absolute atomic E-state index is 6.52. The normalized spacial score (nSPS) is 23.3. The quantitative estimate of drug-likeness (QED) is 0.655. The topological polar surface area (TPSA) is 9.23 Å². The van der Waals surface area contributed by atoms with Gasteiger partial charge in [-0.15, -0.1) is 0 Å². The Morgan fingerprint density at radius 1 is 1.19 bits per heavy atom. The van der Waals surface area contributed by atoms with Gasteiger partial charge < -0.3 is 4.18 Å². The molecule has 21 heavy (non-hydrogen) atoms. The van der Waals surface area contributed by atoms with Crippen LogP contribution in [0.2, 0.25) is 0 Å². The van der Waals surface area contributed by atoms with Crippen molar-refractivity contribution in [3.05, 3.63) is 53.5 Å². The third-order valence-corrected chi connectivity index (χ3v) is 8.06. The van der Waals surface area contributed by atoms with E-state index in [4.69, 9.17) is 4.18 Å². The first kappa shape index (κ1) is 16.4. The predicted molar refractivity (Wildman–Crippen MR) is 94.7 cm³/mol. The molecule has 2 atom stereocenters. The van der Waals surface area contributed by atoms with E-state index >= 15 is 0 Å². The van der Waals surface area contributed by atoms with Crippen LogP contribution >= 0.6 is 10.3 Å². The highest BCUT2D eigenvalue weighted by molar-refractivity contribution is 8.34. The Kier molecular flexibility index (Phi) is 5.00. The van der Waals surface area contributed by atoms with Crippen molar-refractivity contribution >= 4 is 10.3 Å². The van der Waals surface area contributed by atoms with E-state index in [1.807, 2.05) is 0 Å². The van der Waals surface area contributed by atoms with Gasteiger partial charge in [0.15, 0.2) is 0 Å². The first-order chi connectivity index (χ1) is 9.91. The van der Waals surface area contributed by atoms with E-state index in [0.717, 1.165) is 13.0 Å². The lowest BCUT2D eigenvalue weighted by atomic mass is 10.0. The van der Waals surface area contributed by atoms with Gasteiger partial charge in [0, 0.05) is 14.5 Å². The lowest BCUT2D eigenvalue weighted by molar-refractivity contribution is 0.372. The van der Waals surface area contributed by atoms with Gasteiger partial charge in [0.05, 0.1) is 6.61 Å². The molecule has 0 bridgehead atoms. The van der Waals surface area contributed by atoms with Crippen LogP contribution in [0.3, 0.4) is 0 Å². The van der Waals surface area contributed by atoms with Crippen molar-refractivity contribution in [1.29, 1.82) is 0 Å². The fourth-order valence-electron chi connectivity index (χ4n) is 2.87. The largest absolute Gasteiger partial charge is 0.328 e. The van der Waals surface area contributed by atoms with Crippen molar-refractivity contribution in [2.24, 2.45) is 5.92 Å². The summed E-state index contributed by atoms with van der Waals surface area (Å²) in [6.07, 6.45) is 8.13. The van der Waals surface area contributed by atoms with E-state index in [0.29, 0.717) is 5.92 Å². The number of allylic oxidation sites excluding steroid dienone is 3. The second-order valence-electron chi connectivity index (χ2n) is 6.57. The lowest BCUT2D eigenvalue weighted by Crippen LogP contribution is -2.29. The smallest absolute Gasteiger partial charge is 0.0572 e. The molecule has 1 aromatic rings. The van der Waals surface area contributed by atoms with E-state index in [-0.39, 0.29) is 4.75 Å². The van der Waals surface area contributed by atoms with E-state index < -0.39 is 10.3 Å². The Labute approximate surface area is 131 Å². The second-order valence-corrected chi connectivity index (χ2v) is 10.1. The minimum Gasteiger partial charge on any atom is -0.328 e. The summed E-state index contributed by atoms with van der Waals surface area (Å²) in [5.74, 6) is 0.628. The third-order valence-electron chi connectivity index (χ3n) is 3.84. The molecule has 0 aromatic heterocycles. The summed E-state index contributed by atoms with van der Waals surface area (Å²) in [6, 6.07) is 10.8. The summed E-state index contributed by atoms with van der Waals surface area (Å²) in [5, 5.41) is 0. The number of rotatable bonds is 4. The van der Waals surface area contributed by atoms with Crippen LogP contribution in [0.1, 0.15) is 41.0 Å². The second kappa shape index (κ2) is 6.41. The molecule has 2 heteroatoms. The molecule has 1 aliphatic rings. The van der Waals surface area contributed by atoms with E-state index in [1.54, 1.807) is 0 Å². The van der Waals surface area contributed by atoms with Crippen molar-refractivity contribution in [3.63, 3.8) is 0 Å². The molecule has 2 unspecified atom stereocenters. The predicted octanol–water partition coefficient (Wildman–Crippen LogP) is 6.08. The molecule has 0 N–H and O–H groups in total. The molecule has 0 saturated heterocycles. The highest BCUT2D eigenvalue weighted by atomic mass is 32.3. The highest BCUT2D eigenvalue weighted by Gasteiger charge is 2.42. The zero-order valence-corrected chi connectivity index (χ0v) is 14.7. The first-order valence-corrected chi connectivity index (χ1v) is 9.38. The van der Waals surface area contributed by atoms with Gasteiger partial charge in [-0.05, 0) is 52.2 Å². The molecule has 1 aromatic carbocycles. The van der Waals surface area contributed by atoms with Crippen LogP contribution in [0.25, 0.3) is 0 Å². The van der Waals surface area contributed by atoms with Gasteiger partial charge in [0.25, 0.3) is 0 Å². The summed E-state index contributed by atoms with van der Waals surface area (Å²) >= 11 is 0. The van der Waals surface area contributed by atoms with Crippen LogP contribution in [0.4, 0.5) is 0 Å². The Balaban J connectivity index is 2.60. The molecule has 2 rings (SSSR count). The van der Waals surface area contributed by atoms with Crippen molar-refractivity contribution in [2.75, 3.05) is 6.61 Å². The Morgan fingerprint density at radius 3 is 2.33 bits per heavy atom. The third kappa shape index (κ3) is 3.12. The zero-order valence-electron chi connectivity index (χ0n) is 13.9. The van der Waals surface area contributed by atoms with Crippen LogP contribution in [-0.2, 0) is 4.18 Å². The van der Waals surface area contributed by atoms with Crippen LogP contribution in [0.15, 0.2) is 58.4 Å². The number of hydrogen-bond donors (Lipinski definition) is 0. The summed E-state index contributed by atoms with van der Waals surface area (Å²) in [6.45, 7) is 12.0. The molecule has 116 valence electrons. The van der Waals surface area contributed by atoms with Gasteiger partial charge in [-0.3, -0.25) is 0 Å². The minimum absolute atomic E-state index is 0.0567. The summed E-state index contributed by atoms with van der Waals surface area (Å²) in [4.78, 5) is 2.70. The standard InChI is InChI=1S/C19H28OS/c1-6-20-21(19(3,4)5,17-10-8-7-9-11-17)18-14-12-16(2)13-15-18/h7-12,14-16H,6,13H2,1-5H3. The van der Waals surface area contributed by atoms with Crippen molar-refractivity contribution < 1.29 is 4.18 Å². The summed E-state index contributed by atoms with van der Waals surface area (Å²) < 4.78 is 6.58. The maximum atomic E-state index is 6.52. The van der Waals surface area contributed by atoms with Crippen molar-refractivity contribution in [1.82, 2.24) is 0 Å². The van der Waals surface area contributed by atoms with E-state index in [9.17, 15) is 0 Å². The lowest BCUT2D eigenvalue weighted by Gasteiger charge is -2.51. The van der Waals surface area contributed by atoms with Gasteiger partial charge in [0.2, 0.25) is 0 Å². The molecular weight excluding hydrogens is 276 g/mol. The average Bonchev–Trinajstić information content (AvgIpc) is 2.45. The Bertz CT molecular complexity index is 524. The van der Waals surface area contributed by atoms with E-state index in [2.05, 4.69) is 83.2 Å². The number of hydrogen-bond acceptors (Lipinski definition) is 1. The van der Waals surface area contributed by atoms with Gasteiger partial charge in [-0.2, -0.15) is 0 Å². The number of benzene rings is 1. The van der Waals surface area contributed by atoms with Crippen LogP contribution in [-0.4, -0.2) is 11.4 Å². The zero-order chi connectivity index (χ0) is 15.5. The van der Waals surface area contributed by atoms with Gasteiger partial charge in [-0.25, -0.2) is 0 Å². The molecule has 0 spiro atoms. The molecule has 0 saturated carbocycles. The summed E-state index contributed by atoms with van der Waals surface area (Å²) in [5.41, 5.74) is 0. The van der Waals surface area contributed by atoms with Crippen molar-refractivity contribution in [2.45, 2.75) is 50.7 Å². The molecule has 0 heterocycles. The van der Waals surface area contributed by atoms with Crippen LogP contribution in [0.5, 0.6) is 0 Å². The molecule has 0 amide bonds. The SMILES string of the molecule is CCOS(C1=CCC(C)C=C1)(c1ccccc1)C(C)(C)C. The fourth-order valence-corrected chi connectivity index (χ4v) is 6.67. The molecule has 1 nitrogen and oxygen atoms in total. The Hall–Kier alpha value is -0.990. The summed E-state index contributed by atoms with van der Waals surface area (Å²) in [7, 11) is -1.49. The first-order valence-electron chi connectivity index (χ1n) is 7.82. The van der Waals surface area contributed by atoms with Gasteiger partial charge in [-0.1, -0.05) is 53.7 Å². The van der Waals surface area contributed by atoms with Gasteiger partial charge in [0.1, 0.15) is 0 Å². The van der Waals surface area contributed by atoms with Gasteiger partial charge >= 0.3 is 0 Å². The average molecular weight is 304 g/mol. The minimum atomic E-state index is -1.49. The monoisotopic (exact) mass is 304 g/mol. The molecule has 0 radical (unpaired) electrons. The molecular formula is C19H28OS. The van der Waals surface area contributed by atoms with Crippen LogP contribution < -0.4 is 0 Å².